The van der Waals surface area contributed by atoms with Crippen LogP contribution in [0.4, 0.5) is 0 Å². The maximum Gasteiger partial charge on any atom is 0.193 e. The zero-order valence-corrected chi connectivity index (χ0v) is 17.1. The van der Waals surface area contributed by atoms with Crippen LogP contribution in [0.1, 0.15) is 29.9 Å². The Bertz CT molecular complexity index is 756. The molecule has 28 heavy (non-hydrogen) atoms. The van der Waals surface area contributed by atoms with Gasteiger partial charge in [0.15, 0.2) is 5.96 Å². The molecule has 0 amide bonds. The Kier molecular flexibility index (Phi) is 7.31. The molecule has 1 aromatic carbocycles. The number of hydrogen-bond donors (Lipinski definition) is 1. The summed E-state index contributed by atoms with van der Waals surface area (Å²) < 4.78 is 12.8. The van der Waals surface area contributed by atoms with Gasteiger partial charge in [0.2, 0.25) is 0 Å². The van der Waals surface area contributed by atoms with Crippen molar-refractivity contribution in [2.45, 2.75) is 25.4 Å². The Morgan fingerprint density at radius 1 is 1.32 bits per heavy atom. The lowest BCUT2D eigenvalue weighted by atomic mass is 10.0. The highest BCUT2D eigenvalue weighted by Gasteiger charge is 2.26. The van der Waals surface area contributed by atoms with Crippen molar-refractivity contribution in [2.75, 3.05) is 40.4 Å². The van der Waals surface area contributed by atoms with Crippen LogP contribution >= 0.6 is 0 Å². The van der Waals surface area contributed by atoms with E-state index in [2.05, 4.69) is 26.5 Å². The maximum atomic E-state index is 5.77. The zero-order valence-electron chi connectivity index (χ0n) is 17.1. The normalized spacial score (nSPS) is 17.2. The first kappa shape index (κ1) is 20.2. The van der Waals surface area contributed by atoms with Gasteiger partial charge >= 0.3 is 0 Å². The average Bonchev–Trinajstić information content (AvgIpc) is 3.37. The molecule has 0 radical (unpaired) electrons. The second-order valence-corrected chi connectivity index (χ2v) is 7.11. The number of aryl methyl sites for hydroxylation is 1. The number of rotatable bonds is 8. The van der Waals surface area contributed by atoms with E-state index in [1.54, 1.807) is 7.11 Å². The van der Waals surface area contributed by atoms with Gasteiger partial charge in [-0.15, -0.1) is 0 Å². The first-order valence-corrected chi connectivity index (χ1v) is 9.84. The summed E-state index contributed by atoms with van der Waals surface area (Å²) in [5.74, 6) is 2.37. The minimum Gasteiger partial charge on any atom is -0.497 e. The fourth-order valence-electron chi connectivity index (χ4n) is 3.49. The number of hydrogen-bond acceptors (Lipinski definition) is 4. The van der Waals surface area contributed by atoms with E-state index in [1.807, 2.05) is 49.2 Å². The second-order valence-electron chi connectivity index (χ2n) is 7.11. The van der Waals surface area contributed by atoms with Crippen molar-refractivity contribution >= 4 is 5.96 Å². The highest BCUT2D eigenvalue weighted by Crippen LogP contribution is 2.26. The van der Waals surface area contributed by atoms with Crippen molar-refractivity contribution in [3.63, 3.8) is 0 Å². The molecule has 1 aromatic heterocycles. The van der Waals surface area contributed by atoms with E-state index in [-0.39, 0.29) is 0 Å². The number of benzene rings is 1. The summed E-state index contributed by atoms with van der Waals surface area (Å²) in [6.07, 6.45) is 6.17. The van der Waals surface area contributed by atoms with Crippen LogP contribution in [0.15, 0.2) is 41.7 Å². The zero-order chi connectivity index (χ0) is 19.8. The van der Waals surface area contributed by atoms with Gasteiger partial charge < -0.3 is 19.7 Å². The van der Waals surface area contributed by atoms with E-state index >= 15 is 0 Å². The summed E-state index contributed by atoms with van der Waals surface area (Å²) in [6, 6.07) is 7.98. The van der Waals surface area contributed by atoms with Crippen LogP contribution in [-0.2, 0) is 18.4 Å². The summed E-state index contributed by atoms with van der Waals surface area (Å²) in [6.45, 7) is 4.20. The van der Waals surface area contributed by atoms with E-state index < -0.39 is 0 Å². The molecule has 2 heterocycles. The summed E-state index contributed by atoms with van der Waals surface area (Å²) in [5.41, 5.74) is 2.47. The first-order chi connectivity index (χ1) is 13.7. The van der Waals surface area contributed by atoms with Crippen LogP contribution in [0.5, 0.6) is 5.75 Å². The minimum atomic E-state index is 0.528. The van der Waals surface area contributed by atoms with Crippen molar-refractivity contribution < 1.29 is 9.47 Å². The van der Waals surface area contributed by atoms with Gasteiger partial charge in [-0.25, -0.2) is 0 Å². The van der Waals surface area contributed by atoms with Gasteiger partial charge in [0.05, 0.1) is 19.9 Å². The van der Waals surface area contributed by atoms with Crippen molar-refractivity contribution in [2.24, 2.45) is 12.0 Å². The van der Waals surface area contributed by atoms with Gasteiger partial charge in [-0.1, -0.05) is 12.1 Å². The van der Waals surface area contributed by atoms with Crippen molar-refractivity contribution in [3.05, 3.63) is 47.8 Å². The molecule has 3 rings (SSSR count). The molecule has 1 aliphatic heterocycles. The Labute approximate surface area is 167 Å². The quantitative estimate of drug-likeness (QED) is 0.429. The van der Waals surface area contributed by atoms with Crippen LogP contribution < -0.4 is 10.1 Å². The summed E-state index contributed by atoms with van der Waals surface area (Å²) in [4.78, 5) is 6.77. The molecule has 7 nitrogen and oxygen atoms in total. The molecule has 7 heteroatoms. The summed E-state index contributed by atoms with van der Waals surface area (Å²) in [7, 11) is 5.49. The third kappa shape index (κ3) is 5.48. The monoisotopic (exact) mass is 385 g/mol. The van der Waals surface area contributed by atoms with Crippen LogP contribution in [0.3, 0.4) is 0 Å². The molecular formula is C21H31N5O2. The molecule has 1 atom stereocenters. The number of aromatic nitrogens is 2. The van der Waals surface area contributed by atoms with E-state index in [1.165, 1.54) is 5.56 Å². The number of guanidine groups is 1. The number of nitrogens with zero attached hydrogens (tertiary/aromatic N) is 4. The second kappa shape index (κ2) is 10.1. The topological polar surface area (TPSA) is 63.9 Å². The number of aliphatic imine (C=N–C) groups is 1. The lowest BCUT2D eigenvalue weighted by Crippen LogP contribution is -2.40. The largest absolute Gasteiger partial charge is 0.497 e. The van der Waals surface area contributed by atoms with Crippen molar-refractivity contribution in [1.82, 2.24) is 20.0 Å². The third-order valence-corrected chi connectivity index (χ3v) is 5.07. The Balaban J connectivity index is 1.33. The molecule has 0 aliphatic carbocycles. The molecule has 0 spiro atoms. The van der Waals surface area contributed by atoms with Crippen molar-refractivity contribution in [3.8, 4) is 5.75 Å². The molecule has 1 aliphatic rings. The predicted molar refractivity (Wildman–Crippen MR) is 111 cm³/mol. The molecule has 1 saturated heterocycles. The number of nitrogens with one attached hydrogen (secondary N) is 1. The van der Waals surface area contributed by atoms with E-state index in [4.69, 9.17) is 9.47 Å². The Hall–Kier alpha value is -2.54. The lowest BCUT2D eigenvalue weighted by Gasteiger charge is -2.21. The molecule has 152 valence electrons. The minimum absolute atomic E-state index is 0.528. The van der Waals surface area contributed by atoms with Crippen LogP contribution in [0.25, 0.3) is 0 Å². The fourth-order valence-corrected chi connectivity index (χ4v) is 3.49. The van der Waals surface area contributed by atoms with E-state index in [0.717, 1.165) is 49.7 Å². The predicted octanol–water partition coefficient (Wildman–Crippen LogP) is 2.40. The van der Waals surface area contributed by atoms with E-state index in [0.29, 0.717) is 19.1 Å². The van der Waals surface area contributed by atoms with Gasteiger partial charge in [-0.2, -0.15) is 5.10 Å². The van der Waals surface area contributed by atoms with Crippen molar-refractivity contribution in [1.29, 1.82) is 0 Å². The van der Waals surface area contributed by atoms with Gasteiger partial charge in [0, 0.05) is 52.5 Å². The smallest absolute Gasteiger partial charge is 0.193 e. The maximum absolute atomic E-state index is 5.77. The van der Waals surface area contributed by atoms with Gasteiger partial charge in [-0.3, -0.25) is 9.67 Å². The van der Waals surface area contributed by atoms with Gasteiger partial charge in [0.1, 0.15) is 5.75 Å². The van der Waals surface area contributed by atoms with Crippen LogP contribution in [0.2, 0.25) is 0 Å². The molecule has 1 unspecified atom stereocenters. The molecule has 0 saturated carbocycles. The molecule has 1 fully saturated rings. The first-order valence-electron chi connectivity index (χ1n) is 9.84. The number of likely N-dealkylation sites (tertiary alicyclic amines) is 1. The van der Waals surface area contributed by atoms with Gasteiger partial charge in [0.25, 0.3) is 0 Å². The van der Waals surface area contributed by atoms with E-state index in [9.17, 15) is 0 Å². The molecule has 2 aromatic rings. The molecule has 0 bridgehead atoms. The highest BCUT2D eigenvalue weighted by atomic mass is 16.5. The number of methoxy groups -OCH3 is 1. The van der Waals surface area contributed by atoms with Gasteiger partial charge in [-0.05, 0) is 36.1 Å². The molecular weight excluding hydrogens is 354 g/mol. The molecule has 1 N–H and O–H groups in total. The van der Waals surface area contributed by atoms with Crippen LogP contribution in [0, 0.1) is 0 Å². The standard InChI is InChI=1S/C21H31N5O2/c1-22-21(26-11-9-18(15-26)19-13-24-25(2)14-19)23-10-4-12-28-16-17-5-7-20(27-3)8-6-17/h5-8,13-14,18H,4,9-12,15-16H2,1-3H3,(H,22,23). The van der Waals surface area contributed by atoms with Crippen LogP contribution in [-0.4, -0.2) is 61.0 Å². The number of ether oxygens (including phenoxy) is 2. The summed E-state index contributed by atoms with van der Waals surface area (Å²) >= 11 is 0. The Morgan fingerprint density at radius 2 is 2.14 bits per heavy atom. The Morgan fingerprint density at radius 3 is 2.82 bits per heavy atom. The lowest BCUT2D eigenvalue weighted by molar-refractivity contribution is 0.119. The third-order valence-electron chi connectivity index (χ3n) is 5.07. The highest BCUT2D eigenvalue weighted by molar-refractivity contribution is 5.80. The average molecular weight is 386 g/mol. The fraction of sp³-hybridized carbons (Fsp3) is 0.524. The SMILES string of the molecule is CN=C(NCCCOCc1ccc(OC)cc1)N1CCC(c2cnn(C)c2)C1. The summed E-state index contributed by atoms with van der Waals surface area (Å²) in [5, 5.41) is 7.75.